The van der Waals surface area contributed by atoms with Gasteiger partial charge in [-0.25, -0.2) is 4.99 Å². The quantitative estimate of drug-likeness (QED) is 0.893. The molecule has 1 aromatic carbocycles. The maximum Gasteiger partial charge on any atom is 0.282 e. The van der Waals surface area contributed by atoms with Gasteiger partial charge in [0.2, 0.25) is 0 Å². The summed E-state index contributed by atoms with van der Waals surface area (Å²) in [7, 11) is 0. The van der Waals surface area contributed by atoms with Crippen molar-refractivity contribution >= 4 is 17.6 Å². The van der Waals surface area contributed by atoms with E-state index in [4.69, 9.17) is 26.8 Å². The van der Waals surface area contributed by atoms with Gasteiger partial charge in [0, 0.05) is 11.4 Å². The third-order valence-electron chi connectivity index (χ3n) is 2.84. The zero-order chi connectivity index (χ0) is 13.0. The Morgan fingerprint density at radius 1 is 1.50 bits per heavy atom. The van der Waals surface area contributed by atoms with Crippen molar-refractivity contribution < 1.29 is 9.47 Å². The first-order valence-corrected chi connectivity index (χ1v) is 6.43. The Morgan fingerprint density at radius 2 is 2.22 bits per heavy atom. The molecule has 0 amide bonds. The SMILES string of the molecule is CCC(CC1COC(N)=N1)Oc1ccc(Cl)cc1. The molecule has 2 rings (SSSR count). The molecule has 1 aliphatic rings. The highest BCUT2D eigenvalue weighted by Gasteiger charge is 2.21. The van der Waals surface area contributed by atoms with Crippen molar-refractivity contribution in [1.82, 2.24) is 0 Å². The summed E-state index contributed by atoms with van der Waals surface area (Å²) in [5, 5.41) is 0.706. The largest absolute Gasteiger partial charge is 0.490 e. The maximum atomic E-state index is 5.89. The van der Waals surface area contributed by atoms with Crippen molar-refractivity contribution in [3.63, 3.8) is 0 Å². The summed E-state index contributed by atoms with van der Waals surface area (Å²) >= 11 is 5.83. The van der Waals surface area contributed by atoms with E-state index in [-0.39, 0.29) is 18.2 Å². The van der Waals surface area contributed by atoms with E-state index >= 15 is 0 Å². The van der Waals surface area contributed by atoms with Crippen LogP contribution < -0.4 is 10.5 Å². The van der Waals surface area contributed by atoms with Crippen LogP contribution in [0.2, 0.25) is 5.02 Å². The molecule has 0 aliphatic carbocycles. The number of nitrogens with zero attached hydrogens (tertiary/aromatic N) is 1. The predicted octanol–water partition coefficient (Wildman–Crippen LogP) is 2.60. The highest BCUT2D eigenvalue weighted by Crippen LogP contribution is 2.20. The van der Waals surface area contributed by atoms with Crippen LogP contribution in [0.1, 0.15) is 19.8 Å². The molecule has 0 fully saturated rings. The van der Waals surface area contributed by atoms with Gasteiger partial charge < -0.3 is 15.2 Å². The summed E-state index contributed by atoms with van der Waals surface area (Å²) in [5.74, 6) is 0.821. The number of rotatable bonds is 5. The lowest BCUT2D eigenvalue weighted by atomic mass is 10.1. The summed E-state index contributed by atoms with van der Waals surface area (Å²) < 4.78 is 11.0. The molecule has 5 heteroatoms. The summed E-state index contributed by atoms with van der Waals surface area (Å²) in [6.45, 7) is 2.63. The van der Waals surface area contributed by atoms with Gasteiger partial charge >= 0.3 is 0 Å². The van der Waals surface area contributed by atoms with Gasteiger partial charge in [0.1, 0.15) is 18.5 Å². The fourth-order valence-electron chi connectivity index (χ4n) is 1.86. The van der Waals surface area contributed by atoms with E-state index < -0.39 is 0 Å². The highest BCUT2D eigenvalue weighted by molar-refractivity contribution is 6.30. The number of ether oxygens (including phenoxy) is 2. The zero-order valence-electron chi connectivity index (χ0n) is 10.3. The average Bonchev–Trinajstić information content (AvgIpc) is 2.77. The van der Waals surface area contributed by atoms with Crippen molar-refractivity contribution in [3.05, 3.63) is 29.3 Å². The van der Waals surface area contributed by atoms with E-state index in [1.54, 1.807) is 0 Å². The van der Waals surface area contributed by atoms with E-state index in [1.165, 1.54) is 0 Å². The molecule has 1 heterocycles. The molecular weight excluding hydrogens is 252 g/mol. The molecule has 0 bridgehead atoms. The molecule has 2 N–H and O–H groups in total. The Morgan fingerprint density at radius 3 is 2.78 bits per heavy atom. The van der Waals surface area contributed by atoms with Gasteiger partial charge in [0.25, 0.3) is 6.02 Å². The lowest BCUT2D eigenvalue weighted by molar-refractivity contribution is 0.168. The monoisotopic (exact) mass is 268 g/mol. The third kappa shape index (κ3) is 3.53. The number of hydrogen-bond acceptors (Lipinski definition) is 4. The molecule has 2 atom stereocenters. The van der Waals surface area contributed by atoms with Gasteiger partial charge in [-0.3, -0.25) is 0 Å². The lowest BCUT2D eigenvalue weighted by Gasteiger charge is -2.19. The number of halogens is 1. The minimum absolute atomic E-state index is 0.0993. The number of aliphatic imine (C=N–C) groups is 1. The van der Waals surface area contributed by atoms with E-state index in [2.05, 4.69) is 11.9 Å². The maximum absolute atomic E-state index is 5.89. The minimum atomic E-state index is 0.0993. The first kappa shape index (κ1) is 13.0. The zero-order valence-corrected chi connectivity index (χ0v) is 11.1. The van der Waals surface area contributed by atoms with Crippen molar-refractivity contribution in [1.29, 1.82) is 0 Å². The van der Waals surface area contributed by atoms with Crippen LogP contribution in [0.3, 0.4) is 0 Å². The second-order valence-corrected chi connectivity index (χ2v) is 4.71. The Hall–Kier alpha value is -1.42. The molecule has 0 radical (unpaired) electrons. The fourth-order valence-corrected chi connectivity index (χ4v) is 1.99. The second-order valence-electron chi connectivity index (χ2n) is 4.27. The Kier molecular flexibility index (Phi) is 4.31. The van der Waals surface area contributed by atoms with E-state index in [9.17, 15) is 0 Å². The van der Waals surface area contributed by atoms with E-state index in [1.807, 2.05) is 24.3 Å². The topological polar surface area (TPSA) is 56.8 Å². The van der Waals surface area contributed by atoms with Crippen LogP contribution in [-0.2, 0) is 4.74 Å². The number of benzene rings is 1. The van der Waals surface area contributed by atoms with Crippen LogP contribution in [0.25, 0.3) is 0 Å². The van der Waals surface area contributed by atoms with Crippen molar-refractivity contribution in [2.75, 3.05) is 6.61 Å². The van der Waals surface area contributed by atoms with Gasteiger partial charge in [-0.05, 0) is 30.7 Å². The van der Waals surface area contributed by atoms with Crippen LogP contribution in [0.4, 0.5) is 0 Å². The molecule has 4 nitrogen and oxygen atoms in total. The van der Waals surface area contributed by atoms with Gasteiger partial charge in [-0.15, -0.1) is 0 Å². The molecule has 0 saturated carbocycles. The van der Waals surface area contributed by atoms with Crippen LogP contribution >= 0.6 is 11.6 Å². The van der Waals surface area contributed by atoms with Crippen molar-refractivity contribution in [2.45, 2.75) is 31.9 Å². The predicted molar refractivity (Wildman–Crippen MR) is 72.1 cm³/mol. The highest BCUT2D eigenvalue weighted by atomic mass is 35.5. The number of amidine groups is 1. The Labute approximate surface area is 112 Å². The number of nitrogens with two attached hydrogens (primary N) is 1. The lowest BCUT2D eigenvalue weighted by Crippen LogP contribution is -2.22. The Balaban J connectivity index is 1.91. The van der Waals surface area contributed by atoms with Gasteiger partial charge in [-0.1, -0.05) is 18.5 Å². The van der Waals surface area contributed by atoms with Gasteiger partial charge in [0.15, 0.2) is 0 Å². The molecule has 0 saturated heterocycles. The molecular formula is C13H17ClN2O2. The first-order chi connectivity index (χ1) is 8.67. The minimum Gasteiger partial charge on any atom is -0.490 e. The molecule has 18 heavy (non-hydrogen) atoms. The first-order valence-electron chi connectivity index (χ1n) is 6.05. The fraction of sp³-hybridized carbons (Fsp3) is 0.462. The molecule has 98 valence electrons. The summed E-state index contributed by atoms with van der Waals surface area (Å²) in [4.78, 5) is 4.20. The van der Waals surface area contributed by atoms with Gasteiger partial charge in [0.05, 0.1) is 6.04 Å². The van der Waals surface area contributed by atoms with Crippen LogP contribution in [-0.4, -0.2) is 24.8 Å². The normalized spacial score (nSPS) is 20.1. The smallest absolute Gasteiger partial charge is 0.282 e. The average molecular weight is 269 g/mol. The van der Waals surface area contributed by atoms with Gasteiger partial charge in [-0.2, -0.15) is 0 Å². The Bertz CT molecular complexity index is 420. The van der Waals surface area contributed by atoms with E-state index in [0.717, 1.165) is 18.6 Å². The summed E-state index contributed by atoms with van der Waals surface area (Å²) in [5.41, 5.74) is 5.48. The van der Waals surface area contributed by atoms with Crippen LogP contribution in [0.15, 0.2) is 29.3 Å². The number of hydrogen-bond donors (Lipinski definition) is 1. The van der Waals surface area contributed by atoms with Crippen LogP contribution in [0.5, 0.6) is 5.75 Å². The van der Waals surface area contributed by atoms with E-state index in [0.29, 0.717) is 11.6 Å². The third-order valence-corrected chi connectivity index (χ3v) is 3.09. The van der Waals surface area contributed by atoms with Crippen molar-refractivity contribution in [2.24, 2.45) is 10.7 Å². The molecule has 0 spiro atoms. The molecule has 2 unspecified atom stereocenters. The molecule has 0 aromatic heterocycles. The summed E-state index contributed by atoms with van der Waals surface area (Å²) in [6.07, 6.45) is 1.82. The molecule has 1 aliphatic heterocycles. The molecule has 1 aromatic rings. The standard InChI is InChI=1S/C13H17ClN2O2/c1-2-11(7-10-8-17-13(15)16-10)18-12-5-3-9(14)4-6-12/h3-6,10-11H,2,7-8H2,1H3,(H2,15,16). The van der Waals surface area contributed by atoms with Crippen LogP contribution in [0, 0.1) is 0 Å². The second kappa shape index (κ2) is 5.96. The summed E-state index contributed by atoms with van der Waals surface area (Å²) in [6, 6.07) is 7.75. The van der Waals surface area contributed by atoms with Crippen molar-refractivity contribution in [3.8, 4) is 5.75 Å².